The standard InChI is InChI=1S/C9H14O3/c1-3-12-9(11)7-8(2)5-4-6-10/h6-7H,3-5H2,1-2H3/b8-7+. The number of hydrogen-bond acceptors (Lipinski definition) is 3. The summed E-state index contributed by atoms with van der Waals surface area (Å²) in [6.07, 6.45) is 3.35. The van der Waals surface area contributed by atoms with Crippen LogP contribution in [0.5, 0.6) is 0 Å². The molecule has 0 aliphatic rings. The zero-order valence-corrected chi connectivity index (χ0v) is 7.50. The van der Waals surface area contributed by atoms with E-state index >= 15 is 0 Å². The Bertz CT molecular complexity index is 182. The number of esters is 1. The Hall–Kier alpha value is -1.12. The second-order valence-corrected chi connectivity index (χ2v) is 2.45. The average molecular weight is 170 g/mol. The molecule has 12 heavy (non-hydrogen) atoms. The van der Waals surface area contributed by atoms with Crippen molar-refractivity contribution in [2.24, 2.45) is 0 Å². The predicted octanol–water partition coefficient (Wildman–Crippen LogP) is 1.47. The lowest BCUT2D eigenvalue weighted by atomic mass is 10.2. The highest BCUT2D eigenvalue weighted by Crippen LogP contribution is 2.02. The van der Waals surface area contributed by atoms with E-state index in [1.807, 2.05) is 0 Å². The molecule has 68 valence electrons. The fraction of sp³-hybridized carbons (Fsp3) is 0.556. The maximum absolute atomic E-state index is 10.8. The van der Waals surface area contributed by atoms with E-state index in [-0.39, 0.29) is 5.97 Å². The Morgan fingerprint density at radius 1 is 1.50 bits per heavy atom. The zero-order valence-electron chi connectivity index (χ0n) is 7.50. The van der Waals surface area contributed by atoms with Crippen molar-refractivity contribution in [1.82, 2.24) is 0 Å². The molecule has 0 N–H and O–H groups in total. The van der Waals surface area contributed by atoms with Gasteiger partial charge in [0.1, 0.15) is 6.29 Å². The number of rotatable bonds is 5. The molecule has 0 heterocycles. The van der Waals surface area contributed by atoms with Gasteiger partial charge < -0.3 is 9.53 Å². The van der Waals surface area contributed by atoms with E-state index < -0.39 is 0 Å². The van der Waals surface area contributed by atoms with Crippen LogP contribution >= 0.6 is 0 Å². The lowest BCUT2D eigenvalue weighted by molar-refractivity contribution is -0.137. The van der Waals surface area contributed by atoms with Crippen LogP contribution < -0.4 is 0 Å². The largest absolute Gasteiger partial charge is 0.463 e. The molecule has 0 amide bonds. The summed E-state index contributed by atoms with van der Waals surface area (Å²) in [4.78, 5) is 20.8. The fourth-order valence-corrected chi connectivity index (χ4v) is 0.744. The topological polar surface area (TPSA) is 43.4 Å². The van der Waals surface area contributed by atoms with Crippen molar-refractivity contribution in [1.29, 1.82) is 0 Å². The van der Waals surface area contributed by atoms with Crippen molar-refractivity contribution >= 4 is 12.3 Å². The molecule has 0 radical (unpaired) electrons. The van der Waals surface area contributed by atoms with E-state index in [2.05, 4.69) is 4.74 Å². The molecule has 0 saturated heterocycles. The van der Waals surface area contributed by atoms with E-state index in [1.165, 1.54) is 6.08 Å². The summed E-state index contributed by atoms with van der Waals surface area (Å²) in [7, 11) is 0. The Labute approximate surface area is 72.4 Å². The Balaban J connectivity index is 3.80. The van der Waals surface area contributed by atoms with Gasteiger partial charge in [0.05, 0.1) is 6.61 Å². The fourth-order valence-electron chi connectivity index (χ4n) is 0.744. The van der Waals surface area contributed by atoms with Crippen molar-refractivity contribution in [2.75, 3.05) is 6.61 Å². The van der Waals surface area contributed by atoms with Gasteiger partial charge in [-0.3, -0.25) is 0 Å². The molecule has 0 bridgehead atoms. The monoisotopic (exact) mass is 170 g/mol. The highest BCUT2D eigenvalue weighted by Gasteiger charge is 1.96. The number of carbonyl (C=O) groups is 2. The molecular formula is C9H14O3. The first kappa shape index (κ1) is 10.9. The van der Waals surface area contributed by atoms with Gasteiger partial charge >= 0.3 is 5.97 Å². The van der Waals surface area contributed by atoms with Gasteiger partial charge in [-0.05, 0) is 20.3 Å². The summed E-state index contributed by atoms with van der Waals surface area (Å²) in [6, 6.07) is 0. The van der Waals surface area contributed by atoms with E-state index in [4.69, 9.17) is 0 Å². The zero-order chi connectivity index (χ0) is 9.40. The molecular weight excluding hydrogens is 156 g/mol. The minimum Gasteiger partial charge on any atom is -0.463 e. The molecule has 0 rings (SSSR count). The van der Waals surface area contributed by atoms with E-state index in [0.29, 0.717) is 19.4 Å². The van der Waals surface area contributed by atoms with E-state index in [9.17, 15) is 9.59 Å². The highest BCUT2D eigenvalue weighted by atomic mass is 16.5. The van der Waals surface area contributed by atoms with Crippen molar-refractivity contribution in [3.8, 4) is 0 Å². The molecule has 0 unspecified atom stereocenters. The normalized spacial score (nSPS) is 11.0. The molecule has 0 saturated carbocycles. The van der Waals surface area contributed by atoms with Crippen LogP contribution in [0.2, 0.25) is 0 Å². The van der Waals surface area contributed by atoms with Gasteiger partial charge in [-0.15, -0.1) is 0 Å². The van der Waals surface area contributed by atoms with Gasteiger partial charge in [0, 0.05) is 12.5 Å². The third-order valence-electron chi connectivity index (χ3n) is 1.31. The van der Waals surface area contributed by atoms with Crippen molar-refractivity contribution < 1.29 is 14.3 Å². The first-order valence-electron chi connectivity index (χ1n) is 3.98. The predicted molar refractivity (Wildman–Crippen MR) is 45.7 cm³/mol. The van der Waals surface area contributed by atoms with Crippen LogP contribution in [-0.4, -0.2) is 18.9 Å². The van der Waals surface area contributed by atoms with Crippen LogP contribution in [0.25, 0.3) is 0 Å². The molecule has 0 atom stereocenters. The number of carbonyl (C=O) groups excluding carboxylic acids is 2. The van der Waals surface area contributed by atoms with Crippen LogP contribution in [-0.2, 0) is 14.3 Å². The molecule has 3 nitrogen and oxygen atoms in total. The highest BCUT2D eigenvalue weighted by molar-refractivity contribution is 5.82. The average Bonchev–Trinajstić information content (AvgIpc) is 2.01. The second-order valence-electron chi connectivity index (χ2n) is 2.45. The van der Waals surface area contributed by atoms with Gasteiger partial charge in [0.2, 0.25) is 0 Å². The lowest BCUT2D eigenvalue weighted by Crippen LogP contribution is -2.00. The number of hydrogen-bond donors (Lipinski definition) is 0. The quantitative estimate of drug-likeness (QED) is 0.356. The van der Waals surface area contributed by atoms with Crippen LogP contribution in [0.15, 0.2) is 11.6 Å². The molecule has 3 heteroatoms. The Morgan fingerprint density at radius 3 is 2.67 bits per heavy atom. The van der Waals surface area contributed by atoms with Gasteiger partial charge in [0.25, 0.3) is 0 Å². The molecule has 0 aromatic carbocycles. The molecule has 0 aromatic heterocycles. The van der Waals surface area contributed by atoms with Crippen LogP contribution in [0.4, 0.5) is 0 Å². The van der Waals surface area contributed by atoms with E-state index in [1.54, 1.807) is 13.8 Å². The van der Waals surface area contributed by atoms with E-state index in [0.717, 1.165) is 11.9 Å². The SMILES string of the molecule is CCOC(=O)/C=C(\C)CCC=O. The first-order valence-corrected chi connectivity index (χ1v) is 3.98. The maximum atomic E-state index is 10.8. The summed E-state index contributed by atoms with van der Waals surface area (Å²) >= 11 is 0. The van der Waals surface area contributed by atoms with Crippen molar-refractivity contribution in [2.45, 2.75) is 26.7 Å². The van der Waals surface area contributed by atoms with Crippen molar-refractivity contribution in [3.05, 3.63) is 11.6 Å². The summed E-state index contributed by atoms with van der Waals surface area (Å²) in [6.45, 7) is 3.95. The third-order valence-corrected chi connectivity index (χ3v) is 1.31. The molecule has 0 aliphatic heterocycles. The lowest BCUT2D eigenvalue weighted by Gasteiger charge is -1.97. The van der Waals surface area contributed by atoms with Crippen LogP contribution in [0.1, 0.15) is 26.7 Å². The van der Waals surface area contributed by atoms with Crippen LogP contribution in [0, 0.1) is 0 Å². The van der Waals surface area contributed by atoms with Gasteiger partial charge in [-0.1, -0.05) is 5.57 Å². The minimum absolute atomic E-state index is 0.333. The molecule has 0 aliphatic carbocycles. The number of aldehydes is 1. The second kappa shape index (κ2) is 6.58. The number of ether oxygens (including phenoxy) is 1. The molecule has 0 aromatic rings. The Morgan fingerprint density at radius 2 is 2.17 bits per heavy atom. The van der Waals surface area contributed by atoms with Gasteiger partial charge in [0.15, 0.2) is 0 Å². The summed E-state index contributed by atoms with van der Waals surface area (Å²) in [5.74, 6) is -0.333. The number of allylic oxidation sites excluding steroid dienone is 1. The van der Waals surface area contributed by atoms with Crippen LogP contribution in [0.3, 0.4) is 0 Å². The minimum atomic E-state index is -0.333. The summed E-state index contributed by atoms with van der Waals surface area (Å²) < 4.78 is 4.69. The van der Waals surface area contributed by atoms with Gasteiger partial charge in [-0.25, -0.2) is 4.79 Å². The van der Waals surface area contributed by atoms with Gasteiger partial charge in [-0.2, -0.15) is 0 Å². The third kappa shape index (κ3) is 5.65. The smallest absolute Gasteiger partial charge is 0.330 e. The first-order chi connectivity index (χ1) is 5.70. The maximum Gasteiger partial charge on any atom is 0.330 e. The summed E-state index contributed by atoms with van der Waals surface area (Å²) in [5.41, 5.74) is 0.876. The molecule has 0 fully saturated rings. The molecule has 0 spiro atoms. The van der Waals surface area contributed by atoms with Crippen molar-refractivity contribution in [3.63, 3.8) is 0 Å². The summed E-state index contributed by atoms with van der Waals surface area (Å²) in [5, 5.41) is 0. The Kier molecular flexibility index (Phi) is 5.97.